The standard InChI is InChI=1S/C9H8N2O3/c10-5-7-1-3-8(4-2-7)9(12)6-11(13)14/h1-4,9,12H,6H2/t9-/m1/s1. The second-order valence-electron chi connectivity index (χ2n) is 2.76. The van der Waals surface area contributed by atoms with E-state index in [1.165, 1.54) is 24.3 Å². The van der Waals surface area contributed by atoms with Crippen molar-refractivity contribution in [2.45, 2.75) is 6.10 Å². The molecule has 0 fully saturated rings. The van der Waals surface area contributed by atoms with Crippen LogP contribution < -0.4 is 0 Å². The summed E-state index contributed by atoms with van der Waals surface area (Å²) in [6.45, 7) is -0.522. The fourth-order valence-corrected chi connectivity index (χ4v) is 1.03. The molecule has 0 aromatic heterocycles. The average Bonchev–Trinajstić information content (AvgIpc) is 2.17. The van der Waals surface area contributed by atoms with Crippen molar-refractivity contribution in [2.75, 3.05) is 6.54 Å². The molecule has 0 radical (unpaired) electrons. The van der Waals surface area contributed by atoms with Crippen LogP contribution in [-0.2, 0) is 0 Å². The van der Waals surface area contributed by atoms with E-state index in [2.05, 4.69) is 0 Å². The molecule has 0 heterocycles. The first-order chi connectivity index (χ1) is 6.63. The van der Waals surface area contributed by atoms with Gasteiger partial charge in [0.15, 0.2) is 0 Å². The Kier molecular flexibility index (Phi) is 3.15. The maximum absolute atomic E-state index is 10.1. The third-order valence-corrected chi connectivity index (χ3v) is 1.75. The molecule has 1 atom stereocenters. The summed E-state index contributed by atoms with van der Waals surface area (Å²) in [5.41, 5.74) is 0.905. The minimum Gasteiger partial charge on any atom is -0.382 e. The third-order valence-electron chi connectivity index (χ3n) is 1.75. The molecule has 0 unspecified atom stereocenters. The van der Waals surface area contributed by atoms with Crippen molar-refractivity contribution in [2.24, 2.45) is 0 Å². The molecule has 0 saturated carbocycles. The van der Waals surface area contributed by atoms with E-state index in [4.69, 9.17) is 5.26 Å². The van der Waals surface area contributed by atoms with Crippen LogP contribution in [0.2, 0.25) is 0 Å². The summed E-state index contributed by atoms with van der Waals surface area (Å²) in [6.07, 6.45) is -1.11. The van der Waals surface area contributed by atoms with Gasteiger partial charge in [-0.25, -0.2) is 0 Å². The van der Waals surface area contributed by atoms with E-state index in [9.17, 15) is 15.2 Å². The minimum absolute atomic E-state index is 0.445. The van der Waals surface area contributed by atoms with E-state index in [0.29, 0.717) is 11.1 Å². The lowest BCUT2D eigenvalue weighted by atomic mass is 10.1. The molecule has 0 bridgehead atoms. The molecule has 1 rings (SSSR count). The molecule has 5 nitrogen and oxygen atoms in total. The third kappa shape index (κ3) is 2.54. The van der Waals surface area contributed by atoms with Gasteiger partial charge >= 0.3 is 0 Å². The smallest absolute Gasteiger partial charge is 0.233 e. The van der Waals surface area contributed by atoms with Crippen LogP contribution in [0.1, 0.15) is 17.2 Å². The first-order valence-corrected chi connectivity index (χ1v) is 3.93. The van der Waals surface area contributed by atoms with Crippen LogP contribution in [0.4, 0.5) is 0 Å². The van der Waals surface area contributed by atoms with Crippen LogP contribution in [0, 0.1) is 21.4 Å². The molecule has 1 N–H and O–H groups in total. The van der Waals surface area contributed by atoms with Crippen molar-refractivity contribution >= 4 is 0 Å². The molecule has 5 heteroatoms. The van der Waals surface area contributed by atoms with E-state index in [1.54, 1.807) is 0 Å². The Morgan fingerprint density at radius 2 is 2.07 bits per heavy atom. The number of hydrogen-bond donors (Lipinski definition) is 1. The fourth-order valence-electron chi connectivity index (χ4n) is 1.03. The van der Waals surface area contributed by atoms with Crippen LogP contribution in [0.15, 0.2) is 24.3 Å². The Hall–Kier alpha value is -1.93. The minimum atomic E-state index is -1.11. The van der Waals surface area contributed by atoms with E-state index >= 15 is 0 Å². The van der Waals surface area contributed by atoms with E-state index < -0.39 is 17.6 Å². The van der Waals surface area contributed by atoms with Gasteiger partial charge < -0.3 is 5.11 Å². The highest BCUT2D eigenvalue weighted by atomic mass is 16.6. The molecular weight excluding hydrogens is 184 g/mol. The van der Waals surface area contributed by atoms with Crippen molar-refractivity contribution in [1.82, 2.24) is 0 Å². The van der Waals surface area contributed by atoms with Gasteiger partial charge in [-0.2, -0.15) is 5.26 Å². The molecular formula is C9H8N2O3. The molecule has 0 aliphatic heterocycles. The van der Waals surface area contributed by atoms with Crippen LogP contribution in [0.25, 0.3) is 0 Å². The predicted octanol–water partition coefficient (Wildman–Crippen LogP) is 0.868. The van der Waals surface area contributed by atoms with Crippen molar-refractivity contribution in [3.8, 4) is 6.07 Å². The highest BCUT2D eigenvalue weighted by Crippen LogP contribution is 2.13. The number of nitriles is 1. The van der Waals surface area contributed by atoms with E-state index in [0.717, 1.165) is 0 Å². The first-order valence-electron chi connectivity index (χ1n) is 3.93. The van der Waals surface area contributed by atoms with Gasteiger partial charge in [-0.1, -0.05) is 12.1 Å². The maximum Gasteiger partial charge on any atom is 0.233 e. The number of rotatable bonds is 3. The van der Waals surface area contributed by atoms with Crippen LogP contribution >= 0.6 is 0 Å². The van der Waals surface area contributed by atoms with Crippen molar-refractivity contribution in [1.29, 1.82) is 5.26 Å². The molecule has 72 valence electrons. The maximum atomic E-state index is 10.1. The van der Waals surface area contributed by atoms with Crippen molar-refractivity contribution < 1.29 is 10.0 Å². The topological polar surface area (TPSA) is 87.2 Å². The van der Waals surface area contributed by atoms with Crippen LogP contribution in [0.5, 0.6) is 0 Å². The summed E-state index contributed by atoms with van der Waals surface area (Å²) >= 11 is 0. The summed E-state index contributed by atoms with van der Waals surface area (Å²) in [5.74, 6) is 0. The highest BCUT2D eigenvalue weighted by molar-refractivity contribution is 5.32. The largest absolute Gasteiger partial charge is 0.382 e. The average molecular weight is 192 g/mol. The fraction of sp³-hybridized carbons (Fsp3) is 0.222. The van der Waals surface area contributed by atoms with E-state index in [1.807, 2.05) is 6.07 Å². The summed E-state index contributed by atoms with van der Waals surface area (Å²) in [7, 11) is 0. The first kappa shape index (κ1) is 10.2. The van der Waals surface area contributed by atoms with Gasteiger partial charge in [0.1, 0.15) is 6.10 Å². The van der Waals surface area contributed by atoms with Crippen LogP contribution in [0.3, 0.4) is 0 Å². The highest BCUT2D eigenvalue weighted by Gasteiger charge is 2.13. The molecule has 14 heavy (non-hydrogen) atoms. The molecule has 1 aromatic carbocycles. The zero-order chi connectivity index (χ0) is 10.6. The Morgan fingerprint density at radius 3 is 2.50 bits per heavy atom. The zero-order valence-electron chi connectivity index (χ0n) is 7.25. The normalized spacial score (nSPS) is 11.7. The molecule has 0 aliphatic rings. The molecule has 0 saturated heterocycles. The zero-order valence-corrected chi connectivity index (χ0v) is 7.25. The lowest BCUT2D eigenvalue weighted by Gasteiger charge is -2.05. The number of nitro groups is 1. The van der Waals surface area contributed by atoms with Crippen LogP contribution in [-0.4, -0.2) is 16.6 Å². The van der Waals surface area contributed by atoms with Gasteiger partial charge in [-0.05, 0) is 17.7 Å². The number of nitrogens with zero attached hydrogens (tertiary/aromatic N) is 2. The Balaban J connectivity index is 2.77. The van der Waals surface area contributed by atoms with E-state index in [-0.39, 0.29) is 0 Å². The number of benzene rings is 1. The molecule has 0 amide bonds. The summed E-state index contributed by atoms with van der Waals surface area (Å²) in [5, 5.41) is 27.9. The van der Waals surface area contributed by atoms with Gasteiger partial charge in [0.2, 0.25) is 6.54 Å². The summed E-state index contributed by atoms with van der Waals surface area (Å²) < 4.78 is 0. The number of aliphatic hydroxyl groups excluding tert-OH is 1. The lowest BCUT2D eigenvalue weighted by Crippen LogP contribution is -2.11. The quantitative estimate of drug-likeness (QED) is 0.568. The van der Waals surface area contributed by atoms with Gasteiger partial charge in [-0.15, -0.1) is 0 Å². The molecule has 0 aliphatic carbocycles. The Labute approximate surface area is 80.4 Å². The Morgan fingerprint density at radius 1 is 1.50 bits per heavy atom. The Bertz CT molecular complexity index is 367. The van der Waals surface area contributed by atoms with Gasteiger partial charge in [0, 0.05) is 4.92 Å². The van der Waals surface area contributed by atoms with Gasteiger partial charge in [-0.3, -0.25) is 10.1 Å². The second-order valence-corrected chi connectivity index (χ2v) is 2.76. The number of aliphatic hydroxyl groups is 1. The lowest BCUT2D eigenvalue weighted by molar-refractivity contribution is -0.491. The second kappa shape index (κ2) is 4.35. The molecule has 0 spiro atoms. The van der Waals surface area contributed by atoms with Crippen molar-refractivity contribution in [3.05, 3.63) is 45.5 Å². The summed E-state index contributed by atoms with van der Waals surface area (Å²) in [4.78, 5) is 9.52. The predicted molar refractivity (Wildman–Crippen MR) is 48.0 cm³/mol. The molecule has 1 aromatic rings. The van der Waals surface area contributed by atoms with Gasteiger partial charge in [0.25, 0.3) is 0 Å². The SMILES string of the molecule is N#Cc1ccc([C@H](O)C[N+](=O)[O-])cc1. The van der Waals surface area contributed by atoms with Gasteiger partial charge in [0.05, 0.1) is 11.6 Å². The monoisotopic (exact) mass is 192 g/mol. The van der Waals surface area contributed by atoms with Crippen molar-refractivity contribution in [3.63, 3.8) is 0 Å². The summed E-state index contributed by atoms with van der Waals surface area (Å²) in [6, 6.07) is 7.96. The number of hydrogen-bond acceptors (Lipinski definition) is 4.